The molecule has 4 aromatic carbocycles. The molecule has 0 N–H and O–H groups in total. The molecule has 7 heteroatoms. The van der Waals surface area contributed by atoms with Gasteiger partial charge in [0.05, 0.1) is 13.2 Å². The smallest absolute Gasteiger partial charge is 0.357 e. The standard InChI is InChI=1S/C36H38IO6/c1-3-23-38-35(5-1)42-33-15-7-27(8-16-33)25-40-31-19-11-29(12-20-31)37-30-13-21-32(22-14-30)41-26-28-9-17-34(18-10-28)43-36-6-2-4-24-39-36/h7-22,35-36H,1-6,23-26H2/q+1. The average Bonchev–Trinajstić information content (AvgIpc) is 3.06. The molecule has 0 bridgehead atoms. The van der Waals surface area contributed by atoms with Crippen molar-refractivity contribution in [1.29, 1.82) is 0 Å². The molecule has 224 valence electrons. The van der Waals surface area contributed by atoms with E-state index in [1.165, 1.54) is 7.14 Å². The molecule has 2 heterocycles. The predicted octanol–water partition coefficient (Wildman–Crippen LogP) is 4.78. The Balaban J connectivity index is 0.918. The minimum atomic E-state index is -0.289. The summed E-state index contributed by atoms with van der Waals surface area (Å²) in [6.45, 7) is 2.60. The van der Waals surface area contributed by atoms with E-state index >= 15 is 0 Å². The number of ether oxygens (including phenoxy) is 6. The monoisotopic (exact) mass is 693 g/mol. The lowest BCUT2D eigenvalue weighted by atomic mass is 10.2. The van der Waals surface area contributed by atoms with Crippen LogP contribution in [0.25, 0.3) is 0 Å². The third-order valence-electron chi connectivity index (χ3n) is 7.31. The normalized spacial score (nSPS) is 18.5. The summed E-state index contributed by atoms with van der Waals surface area (Å²) in [4.78, 5) is 0. The van der Waals surface area contributed by atoms with Crippen molar-refractivity contribution in [2.75, 3.05) is 13.2 Å². The largest absolute Gasteiger partial charge is 0.489 e. The Morgan fingerprint density at radius 2 is 0.884 bits per heavy atom. The fraction of sp³-hybridized carbons (Fsp3) is 0.333. The zero-order valence-corrected chi connectivity index (χ0v) is 26.4. The van der Waals surface area contributed by atoms with E-state index in [0.717, 1.165) is 85.9 Å². The first-order chi connectivity index (χ1) is 21.2. The minimum absolute atomic E-state index is 0.125. The van der Waals surface area contributed by atoms with E-state index in [9.17, 15) is 0 Å². The van der Waals surface area contributed by atoms with Gasteiger partial charge in [0.1, 0.15) is 36.2 Å². The SMILES string of the molecule is c1cc(OC2CCCCO2)ccc1COc1ccc([I+]c2ccc(OCc3ccc(OC4CCCCO4)cc3)cc2)cc1. The first-order valence-electron chi connectivity index (χ1n) is 15.1. The second kappa shape index (κ2) is 15.5. The van der Waals surface area contributed by atoms with Gasteiger partial charge in [-0.15, -0.1) is 0 Å². The third kappa shape index (κ3) is 9.36. The van der Waals surface area contributed by atoms with Crippen LogP contribution >= 0.6 is 0 Å². The van der Waals surface area contributed by atoms with Gasteiger partial charge in [-0.25, -0.2) is 0 Å². The summed E-state index contributed by atoms with van der Waals surface area (Å²) in [5.74, 6) is 3.42. The highest BCUT2D eigenvalue weighted by atomic mass is 127. The van der Waals surface area contributed by atoms with Gasteiger partial charge in [0.25, 0.3) is 0 Å². The van der Waals surface area contributed by atoms with Gasteiger partial charge in [0.2, 0.25) is 0 Å². The highest BCUT2D eigenvalue weighted by Gasteiger charge is 2.17. The van der Waals surface area contributed by atoms with E-state index in [2.05, 4.69) is 48.5 Å². The highest BCUT2D eigenvalue weighted by molar-refractivity contribution is 5.29. The van der Waals surface area contributed by atoms with Crippen molar-refractivity contribution in [2.24, 2.45) is 0 Å². The molecule has 0 aliphatic carbocycles. The van der Waals surface area contributed by atoms with E-state index in [0.29, 0.717) is 13.2 Å². The first kappa shape index (κ1) is 29.8. The molecule has 2 unspecified atom stereocenters. The number of hydrogen-bond donors (Lipinski definition) is 0. The molecule has 4 aromatic rings. The number of rotatable bonds is 12. The van der Waals surface area contributed by atoms with Crippen LogP contribution in [0.5, 0.6) is 23.0 Å². The van der Waals surface area contributed by atoms with E-state index in [1.54, 1.807) is 0 Å². The Kier molecular flexibility index (Phi) is 10.7. The van der Waals surface area contributed by atoms with Gasteiger partial charge in [0, 0.05) is 12.8 Å². The lowest BCUT2D eigenvalue weighted by Gasteiger charge is -2.23. The van der Waals surface area contributed by atoms with Crippen LogP contribution in [0, 0.1) is 7.14 Å². The zero-order valence-electron chi connectivity index (χ0n) is 24.3. The van der Waals surface area contributed by atoms with Gasteiger partial charge in [-0.05, 0) is 110 Å². The summed E-state index contributed by atoms with van der Waals surface area (Å²) in [6.07, 6.45) is 6.20. The molecule has 6 nitrogen and oxygen atoms in total. The molecule has 0 amide bonds. The molecule has 0 spiro atoms. The van der Waals surface area contributed by atoms with Crippen molar-refractivity contribution in [3.8, 4) is 23.0 Å². The van der Waals surface area contributed by atoms with Gasteiger partial charge < -0.3 is 28.4 Å². The Bertz CT molecular complexity index is 1270. The van der Waals surface area contributed by atoms with E-state index in [1.807, 2.05) is 48.5 Å². The molecule has 43 heavy (non-hydrogen) atoms. The van der Waals surface area contributed by atoms with Gasteiger partial charge in [-0.1, -0.05) is 24.3 Å². The summed E-state index contributed by atoms with van der Waals surface area (Å²) < 4.78 is 37.9. The van der Waals surface area contributed by atoms with Crippen LogP contribution in [0.1, 0.15) is 49.7 Å². The Morgan fingerprint density at radius 3 is 1.26 bits per heavy atom. The van der Waals surface area contributed by atoms with Crippen LogP contribution < -0.4 is 40.2 Å². The first-order valence-corrected chi connectivity index (χ1v) is 17.3. The summed E-state index contributed by atoms with van der Waals surface area (Å²) in [5.41, 5.74) is 2.21. The molecular weight excluding hydrogens is 655 g/mol. The third-order valence-corrected chi connectivity index (χ3v) is 10.00. The zero-order chi connectivity index (χ0) is 29.1. The van der Waals surface area contributed by atoms with Crippen molar-refractivity contribution in [3.05, 3.63) is 115 Å². The van der Waals surface area contributed by atoms with Crippen LogP contribution in [-0.4, -0.2) is 25.8 Å². The van der Waals surface area contributed by atoms with Gasteiger partial charge in [0.15, 0.2) is 19.7 Å². The minimum Gasteiger partial charge on any atom is -0.489 e. The second-order valence-electron chi connectivity index (χ2n) is 10.7. The lowest BCUT2D eigenvalue weighted by molar-refractivity contribution is -0.597. The van der Waals surface area contributed by atoms with Crippen LogP contribution in [0.2, 0.25) is 0 Å². The summed E-state index contributed by atoms with van der Waals surface area (Å²) in [6, 6.07) is 33.0. The van der Waals surface area contributed by atoms with Crippen molar-refractivity contribution < 1.29 is 49.6 Å². The van der Waals surface area contributed by atoms with E-state index in [4.69, 9.17) is 28.4 Å². The van der Waals surface area contributed by atoms with E-state index in [-0.39, 0.29) is 33.8 Å². The van der Waals surface area contributed by atoms with Crippen molar-refractivity contribution >= 4 is 0 Å². The molecule has 0 saturated carbocycles. The molecule has 2 atom stereocenters. The van der Waals surface area contributed by atoms with Crippen LogP contribution in [0.3, 0.4) is 0 Å². The Labute approximate surface area is 264 Å². The fourth-order valence-electron chi connectivity index (χ4n) is 4.89. The quantitative estimate of drug-likeness (QED) is 0.199. The van der Waals surface area contributed by atoms with Crippen molar-refractivity contribution in [3.63, 3.8) is 0 Å². The molecule has 0 aromatic heterocycles. The average molecular weight is 694 g/mol. The molecular formula is C36H38IO6+. The number of benzene rings is 4. The lowest BCUT2D eigenvalue weighted by Crippen LogP contribution is -3.61. The highest BCUT2D eigenvalue weighted by Crippen LogP contribution is 2.22. The molecule has 2 aliphatic rings. The predicted molar refractivity (Wildman–Crippen MR) is 160 cm³/mol. The summed E-state index contributed by atoms with van der Waals surface area (Å²) in [5, 5.41) is 0. The maximum absolute atomic E-state index is 6.02. The van der Waals surface area contributed by atoms with E-state index < -0.39 is 0 Å². The van der Waals surface area contributed by atoms with Crippen molar-refractivity contribution in [2.45, 2.75) is 64.3 Å². The van der Waals surface area contributed by atoms with Crippen LogP contribution in [-0.2, 0) is 22.7 Å². The second-order valence-corrected chi connectivity index (χ2v) is 13.7. The topological polar surface area (TPSA) is 55.4 Å². The summed E-state index contributed by atoms with van der Waals surface area (Å²) >= 11 is -0.289. The molecule has 0 radical (unpaired) electrons. The maximum Gasteiger partial charge on any atom is 0.357 e. The Morgan fingerprint density at radius 1 is 0.488 bits per heavy atom. The molecule has 6 rings (SSSR count). The van der Waals surface area contributed by atoms with Crippen molar-refractivity contribution in [1.82, 2.24) is 0 Å². The molecule has 2 saturated heterocycles. The summed E-state index contributed by atoms with van der Waals surface area (Å²) in [7, 11) is 0. The van der Waals surface area contributed by atoms with Gasteiger partial charge in [-0.2, -0.15) is 0 Å². The van der Waals surface area contributed by atoms with Gasteiger partial charge >= 0.3 is 21.2 Å². The number of hydrogen-bond acceptors (Lipinski definition) is 6. The molecule has 2 fully saturated rings. The Hall–Kier alpha value is -3.27. The number of halogens is 1. The van der Waals surface area contributed by atoms with Gasteiger partial charge in [-0.3, -0.25) is 0 Å². The van der Waals surface area contributed by atoms with Crippen LogP contribution in [0.4, 0.5) is 0 Å². The fourth-order valence-corrected chi connectivity index (χ4v) is 7.04. The maximum atomic E-state index is 6.02. The van der Waals surface area contributed by atoms with Crippen LogP contribution in [0.15, 0.2) is 97.1 Å². The molecule has 2 aliphatic heterocycles.